The molecule has 1 unspecified atom stereocenters. The first kappa shape index (κ1) is 12.6. The zero-order valence-electron chi connectivity index (χ0n) is 10.7. The maximum absolute atomic E-state index is 3.71. The second kappa shape index (κ2) is 5.68. The van der Waals surface area contributed by atoms with Crippen LogP contribution in [0.3, 0.4) is 0 Å². The Bertz CT molecular complexity index is 413. The topological polar surface area (TPSA) is 24.1 Å². The van der Waals surface area contributed by atoms with Crippen LogP contribution in [0.25, 0.3) is 0 Å². The van der Waals surface area contributed by atoms with Crippen LogP contribution in [0.4, 0.5) is 11.4 Å². The molecule has 1 heterocycles. The molecule has 3 rings (SSSR count). The van der Waals surface area contributed by atoms with Crippen LogP contribution in [0, 0.1) is 9.49 Å². The maximum atomic E-state index is 3.71. The van der Waals surface area contributed by atoms with E-state index in [1.54, 1.807) is 0 Å². The van der Waals surface area contributed by atoms with Crippen LogP contribution >= 0.6 is 22.6 Å². The molecule has 0 bridgehead atoms. The molecule has 0 aromatic heterocycles. The van der Waals surface area contributed by atoms with E-state index in [-0.39, 0.29) is 0 Å². The molecular weight excluding hydrogens is 335 g/mol. The number of fused-ring (bicyclic) bond motifs is 1. The molecule has 0 radical (unpaired) electrons. The third-order valence-electron chi connectivity index (χ3n) is 4.22. The lowest BCUT2D eigenvalue weighted by molar-refractivity contribution is 0.325. The summed E-state index contributed by atoms with van der Waals surface area (Å²) in [6.45, 7) is 1.07. The van der Waals surface area contributed by atoms with Crippen LogP contribution in [-0.2, 0) is 0 Å². The summed E-state index contributed by atoms with van der Waals surface area (Å²) in [5, 5.41) is 7.28. The van der Waals surface area contributed by atoms with Gasteiger partial charge >= 0.3 is 0 Å². The summed E-state index contributed by atoms with van der Waals surface area (Å²) in [6.07, 6.45) is 8.56. The minimum atomic E-state index is 0.612. The summed E-state index contributed by atoms with van der Waals surface area (Å²) < 4.78 is 1.30. The van der Waals surface area contributed by atoms with Gasteiger partial charge in [-0.1, -0.05) is 32.1 Å². The van der Waals surface area contributed by atoms with Crippen LogP contribution in [0.1, 0.15) is 38.5 Å². The number of hydrogen-bond acceptors (Lipinski definition) is 2. The standard InChI is InChI=1S/C15H21IN2/c16-12-6-7-14-15(9-12)17-10-13(18-14)8-11-4-2-1-3-5-11/h6-7,9,11,13,17-18H,1-5,8,10H2. The molecule has 0 saturated heterocycles. The predicted octanol–water partition coefficient (Wildman–Crippen LogP) is 4.47. The van der Waals surface area contributed by atoms with Crippen molar-refractivity contribution >= 4 is 34.0 Å². The summed E-state index contributed by atoms with van der Waals surface area (Å²) in [6, 6.07) is 7.22. The van der Waals surface area contributed by atoms with Crippen molar-refractivity contribution in [2.45, 2.75) is 44.6 Å². The van der Waals surface area contributed by atoms with Crippen LogP contribution in [0.15, 0.2) is 18.2 Å². The molecule has 0 amide bonds. The highest BCUT2D eigenvalue weighted by Gasteiger charge is 2.22. The third kappa shape index (κ3) is 2.92. The monoisotopic (exact) mass is 356 g/mol. The van der Waals surface area contributed by atoms with Crippen molar-refractivity contribution < 1.29 is 0 Å². The Labute approximate surface area is 123 Å². The number of benzene rings is 1. The first-order valence-electron chi connectivity index (χ1n) is 7.11. The Morgan fingerprint density at radius 2 is 1.94 bits per heavy atom. The minimum absolute atomic E-state index is 0.612. The Morgan fingerprint density at radius 1 is 1.11 bits per heavy atom. The van der Waals surface area contributed by atoms with E-state index in [9.17, 15) is 0 Å². The quantitative estimate of drug-likeness (QED) is 0.765. The van der Waals surface area contributed by atoms with Crippen molar-refractivity contribution in [3.05, 3.63) is 21.8 Å². The van der Waals surface area contributed by atoms with Gasteiger partial charge in [0.1, 0.15) is 0 Å². The third-order valence-corrected chi connectivity index (χ3v) is 4.89. The van der Waals surface area contributed by atoms with E-state index in [2.05, 4.69) is 51.4 Å². The van der Waals surface area contributed by atoms with E-state index in [0.717, 1.165) is 12.5 Å². The average Bonchev–Trinajstić information content (AvgIpc) is 2.40. The van der Waals surface area contributed by atoms with Gasteiger partial charge in [0.25, 0.3) is 0 Å². The van der Waals surface area contributed by atoms with Crippen molar-refractivity contribution in [2.75, 3.05) is 17.2 Å². The molecule has 18 heavy (non-hydrogen) atoms. The highest BCUT2D eigenvalue weighted by molar-refractivity contribution is 14.1. The molecule has 1 aromatic carbocycles. The fourth-order valence-electron chi connectivity index (χ4n) is 3.26. The van der Waals surface area contributed by atoms with Crippen LogP contribution in [0.5, 0.6) is 0 Å². The highest BCUT2D eigenvalue weighted by Crippen LogP contribution is 2.32. The van der Waals surface area contributed by atoms with E-state index in [1.165, 1.54) is 53.5 Å². The molecule has 1 aromatic rings. The maximum Gasteiger partial charge on any atom is 0.0587 e. The molecule has 0 spiro atoms. The van der Waals surface area contributed by atoms with Gasteiger partial charge in [0.05, 0.1) is 11.4 Å². The first-order chi connectivity index (χ1) is 8.81. The largest absolute Gasteiger partial charge is 0.381 e. The number of rotatable bonds is 2. The summed E-state index contributed by atoms with van der Waals surface area (Å²) >= 11 is 2.37. The number of nitrogens with one attached hydrogen (secondary N) is 2. The van der Waals surface area contributed by atoms with Crippen molar-refractivity contribution in [3.63, 3.8) is 0 Å². The minimum Gasteiger partial charge on any atom is -0.381 e. The van der Waals surface area contributed by atoms with Gasteiger partial charge in [-0.3, -0.25) is 0 Å². The van der Waals surface area contributed by atoms with Crippen molar-refractivity contribution in [3.8, 4) is 0 Å². The normalized spacial score (nSPS) is 23.9. The molecule has 2 aliphatic rings. The summed E-state index contributed by atoms with van der Waals surface area (Å²) in [4.78, 5) is 0. The first-order valence-corrected chi connectivity index (χ1v) is 8.19. The zero-order chi connectivity index (χ0) is 12.4. The number of hydrogen-bond donors (Lipinski definition) is 2. The highest BCUT2D eigenvalue weighted by atomic mass is 127. The Kier molecular flexibility index (Phi) is 3.97. The Balaban J connectivity index is 1.62. The molecule has 2 N–H and O–H groups in total. The zero-order valence-corrected chi connectivity index (χ0v) is 12.9. The SMILES string of the molecule is Ic1ccc2c(c1)NCC(CC1CCCCC1)N2. The van der Waals surface area contributed by atoms with Crippen LogP contribution < -0.4 is 10.6 Å². The van der Waals surface area contributed by atoms with E-state index in [4.69, 9.17) is 0 Å². The van der Waals surface area contributed by atoms with E-state index in [0.29, 0.717) is 6.04 Å². The van der Waals surface area contributed by atoms with Crippen molar-refractivity contribution in [2.24, 2.45) is 5.92 Å². The molecular formula is C15H21IN2. The molecule has 1 atom stereocenters. The molecule has 1 saturated carbocycles. The van der Waals surface area contributed by atoms with E-state index in [1.807, 2.05) is 0 Å². The van der Waals surface area contributed by atoms with Gasteiger partial charge in [-0.25, -0.2) is 0 Å². The van der Waals surface area contributed by atoms with Crippen LogP contribution in [-0.4, -0.2) is 12.6 Å². The molecule has 98 valence electrons. The second-order valence-corrected chi connectivity index (χ2v) is 6.90. The lowest BCUT2D eigenvalue weighted by atomic mass is 9.84. The Morgan fingerprint density at radius 3 is 2.78 bits per heavy atom. The summed E-state index contributed by atoms with van der Waals surface area (Å²) in [7, 11) is 0. The fraction of sp³-hybridized carbons (Fsp3) is 0.600. The molecule has 3 heteroatoms. The number of halogens is 1. The van der Waals surface area contributed by atoms with Gasteiger partial charge in [-0.05, 0) is 53.1 Å². The van der Waals surface area contributed by atoms with Crippen molar-refractivity contribution in [1.82, 2.24) is 0 Å². The van der Waals surface area contributed by atoms with E-state index >= 15 is 0 Å². The van der Waals surface area contributed by atoms with Crippen molar-refractivity contribution in [1.29, 1.82) is 0 Å². The van der Waals surface area contributed by atoms with E-state index < -0.39 is 0 Å². The molecule has 2 nitrogen and oxygen atoms in total. The molecule has 1 fully saturated rings. The van der Waals surface area contributed by atoms with Gasteiger partial charge in [0.15, 0.2) is 0 Å². The average molecular weight is 356 g/mol. The second-order valence-electron chi connectivity index (χ2n) is 5.65. The summed E-state index contributed by atoms with van der Waals surface area (Å²) in [5.41, 5.74) is 2.55. The predicted molar refractivity (Wildman–Crippen MR) is 86.3 cm³/mol. The fourth-order valence-corrected chi connectivity index (χ4v) is 3.75. The molecule has 1 aliphatic heterocycles. The van der Waals surface area contributed by atoms with Gasteiger partial charge < -0.3 is 10.6 Å². The van der Waals surface area contributed by atoms with Gasteiger partial charge in [0, 0.05) is 16.2 Å². The van der Waals surface area contributed by atoms with Gasteiger partial charge in [-0.15, -0.1) is 0 Å². The smallest absolute Gasteiger partial charge is 0.0587 e. The van der Waals surface area contributed by atoms with Gasteiger partial charge in [0.2, 0.25) is 0 Å². The lowest BCUT2D eigenvalue weighted by Gasteiger charge is -2.32. The number of anilines is 2. The summed E-state index contributed by atoms with van der Waals surface area (Å²) in [5.74, 6) is 0.948. The molecule has 1 aliphatic carbocycles. The van der Waals surface area contributed by atoms with Gasteiger partial charge in [-0.2, -0.15) is 0 Å². The Hall–Kier alpha value is -0.450. The van der Waals surface area contributed by atoms with Crippen LogP contribution in [0.2, 0.25) is 0 Å². The lowest BCUT2D eigenvalue weighted by Crippen LogP contribution is -2.35.